The number of rotatable bonds is 4. The number of ether oxygens (including phenoxy) is 1. The lowest BCUT2D eigenvalue weighted by molar-refractivity contribution is -0.142. The van der Waals surface area contributed by atoms with Crippen molar-refractivity contribution in [3.63, 3.8) is 0 Å². The molecule has 0 amide bonds. The maximum Gasteiger partial charge on any atom is 0.310 e. The van der Waals surface area contributed by atoms with Gasteiger partial charge in [0.1, 0.15) is 5.76 Å². The highest BCUT2D eigenvalue weighted by atomic mass is 16.5. The summed E-state index contributed by atoms with van der Waals surface area (Å²) in [6.45, 7) is 3.62. The Labute approximate surface area is 114 Å². The van der Waals surface area contributed by atoms with Crippen LogP contribution in [0.2, 0.25) is 0 Å². The van der Waals surface area contributed by atoms with Crippen LogP contribution in [0.4, 0.5) is 0 Å². The molecule has 7 heteroatoms. The van der Waals surface area contributed by atoms with E-state index in [-0.39, 0.29) is 24.4 Å². The van der Waals surface area contributed by atoms with Gasteiger partial charge in [-0.3, -0.25) is 4.79 Å². The van der Waals surface area contributed by atoms with Gasteiger partial charge in [0.05, 0.1) is 18.6 Å². The quantitative estimate of drug-likeness (QED) is 0.817. The van der Waals surface area contributed by atoms with Gasteiger partial charge < -0.3 is 19.4 Å². The molecule has 0 aliphatic rings. The monoisotopic (exact) mass is 278 g/mol. The predicted molar refractivity (Wildman–Crippen MR) is 68.1 cm³/mol. The van der Waals surface area contributed by atoms with Gasteiger partial charge in [-0.15, -0.1) is 0 Å². The molecule has 2 aromatic rings. The Hall–Kier alpha value is -2.57. The maximum absolute atomic E-state index is 11.4. The fraction of sp³-hybridized carbons (Fsp3) is 0.308. The fourth-order valence-electron chi connectivity index (χ4n) is 1.64. The van der Waals surface area contributed by atoms with Crippen LogP contribution in [0.5, 0.6) is 11.8 Å². The van der Waals surface area contributed by atoms with E-state index < -0.39 is 17.7 Å². The van der Waals surface area contributed by atoms with Crippen molar-refractivity contribution in [3.8, 4) is 23.3 Å². The molecule has 0 radical (unpaired) electrons. The lowest BCUT2D eigenvalue weighted by atomic mass is 10.2. The van der Waals surface area contributed by atoms with Crippen molar-refractivity contribution >= 4 is 5.97 Å². The van der Waals surface area contributed by atoms with Crippen LogP contribution in [0.3, 0.4) is 0 Å². The van der Waals surface area contributed by atoms with Gasteiger partial charge in [0, 0.05) is 0 Å². The smallest absolute Gasteiger partial charge is 0.310 e. The molecule has 2 N–H and O–H groups in total. The van der Waals surface area contributed by atoms with E-state index in [1.54, 1.807) is 26.0 Å². The highest BCUT2D eigenvalue weighted by molar-refractivity contribution is 5.74. The van der Waals surface area contributed by atoms with E-state index in [0.717, 1.165) is 0 Å². The molecule has 0 atom stereocenters. The van der Waals surface area contributed by atoms with Gasteiger partial charge in [-0.2, -0.15) is 9.97 Å². The lowest BCUT2D eigenvalue weighted by Crippen LogP contribution is -2.09. The Balaban J connectivity index is 2.31. The highest BCUT2D eigenvalue weighted by Gasteiger charge is 2.19. The molecule has 7 nitrogen and oxygen atoms in total. The number of nitrogens with zero attached hydrogens (tertiary/aromatic N) is 2. The highest BCUT2D eigenvalue weighted by Crippen LogP contribution is 2.28. The largest absolute Gasteiger partial charge is 0.493 e. The summed E-state index contributed by atoms with van der Waals surface area (Å²) >= 11 is 0. The predicted octanol–water partition coefficient (Wildman–Crippen LogP) is 1.56. The molecule has 20 heavy (non-hydrogen) atoms. The van der Waals surface area contributed by atoms with E-state index in [9.17, 15) is 15.0 Å². The fourth-order valence-corrected chi connectivity index (χ4v) is 1.64. The minimum absolute atomic E-state index is 0.0423. The molecule has 2 aromatic heterocycles. The third-order valence-corrected chi connectivity index (χ3v) is 2.55. The molecule has 0 bridgehead atoms. The molecule has 2 rings (SSSR count). The Bertz CT molecular complexity index is 612. The van der Waals surface area contributed by atoms with E-state index in [1.165, 1.54) is 0 Å². The van der Waals surface area contributed by atoms with Crippen LogP contribution < -0.4 is 0 Å². The molecule has 106 valence electrons. The first-order chi connectivity index (χ1) is 9.51. The SMILES string of the molecule is CCOC(=O)Cc1c(O)nc(-c2ccc(C)o2)nc1O. The number of aromatic hydroxyl groups is 2. The van der Waals surface area contributed by atoms with Gasteiger partial charge in [-0.05, 0) is 26.0 Å². The standard InChI is InChI=1S/C13H14N2O5/c1-3-19-10(16)6-8-12(17)14-11(15-13(8)18)9-5-4-7(2)20-9/h4-5H,3,6H2,1-2H3,(H2,14,15,17,18). The average molecular weight is 278 g/mol. The molecule has 0 aliphatic carbocycles. The first-order valence-corrected chi connectivity index (χ1v) is 6.02. The third kappa shape index (κ3) is 2.87. The Morgan fingerprint density at radius 3 is 2.45 bits per heavy atom. The van der Waals surface area contributed by atoms with Crippen LogP contribution in [-0.2, 0) is 16.0 Å². The number of esters is 1. The van der Waals surface area contributed by atoms with Crippen molar-refractivity contribution in [2.24, 2.45) is 0 Å². The zero-order valence-electron chi connectivity index (χ0n) is 11.1. The van der Waals surface area contributed by atoms with Gasteiger partial charge in [0.25, 0.3) is 0 Å². The van der Waals surface area contributed by atoms with Crippen molar-refractivity contribution < 1.29 is 24.2 Å². The number of carbonyl (C=O) groups is 1. The Morgan fingerprint density at radius 1 is 1.30 bits per heavy atom. The maximum atomic E-state index is 11.4. The normalized spacial score (nSPS) is 10.5. The molecule has 0 saturated heterocycles. The molecular weight excluding hydrogens is 264 g/mol. The van der Waals surface area contributed by atoms with Crippen LogP contribution >= 0.6 is 0 Å². The van der Waals surface area contributed by atoms with Crippen molar-refractivity contribution in [2.75, 3.05) is 6.61 Å². The van der Waals surface area contributed by atoms with Crippen molar-refractivity contribution in [3.05, 3.63) is 23.5 Å². The van der Waals surface area contributed by atoms with Gasteiger partial charge >= 0.3 is 5.97 Å². The number of hydrogen-bond acceptors (Lipinski definition) is 7. The summed E-state index contributed by atoms with van der Waals surface area (Å²) in [4.78, 5) is 19.0. The second kappa shape index (κ2) is 5.60. The summed E-state index contributed by atoms with van der Waals surface area (Å²) in [5.74, 6) is -0.526. The van der Waals surface area contributed by atoms with Crippen molar-refractivity contribution in [2.45, 2.75) is 20.3 Å². The van der Waals surface area contributed by atoms with Crippen LogP contribution in [0.1, 0.15) is 18.2 Å². The lowest BCUT2D eigenvalue weighted by Gasteiger charge is -2.06. The number of aromatic nitrogens is 2. The summed E-state index contributed by atoms with van der Waals surface area (Å²) in [6, 6.07) is 3.33. The molecule has 0 aliphatic heterocycles. The van der Waals surface area contributed by atoms with E-state index in [4.69, 9.17) is 9.15 Å². The summed E-state index contributed by atoms with van der Waals surface area (Å²) in [7, 11) is 0. The minimum atomic E-state index is -0.580. The first-order valence-electron chi connectivity index (χ1n) is 6.02. The third-order valence-electron chi connectivity index (χ3n) is 2.55. The molecule has 0 spiro atoms. The van der Waals surface area contributed by atoms with Gasteiger partial charge in [-0.1, -0.05) is 0 Å². The van der Waals surface area contributed by atoms with E-state index >= 15 is 0 Å². The Morgan fingerprint density at radius 2 is 1.95 bits per heavy atom. The van der Waals surface area contributed by atoms with Gasteiger partial charge in [-0.25, -0.2) is 0 Å². The summed E-state index contributed by atoms with van der Waals surface area (Å²) in [5, 5.41) is 19.6. The number of carbonyl (C=O) groups excluding carboxylic acids is 1. The van der Waals surface area contributed by atoms with Crippen LogP contribution in [-0.4, -0.2) is 32.8 Å². The second-order valence-corrected chi connectivity index (χ2v) is 4.07. The number of furan rings is 1. The molecule has 2 heterocycles. The second-order valence-electron chi connectivity index (χ2n) is 4.07. The first kappa shape index (κ1) is 13.9. The van der Waals surface area contributed by atoms with E-state index in [2.05, 4.69) is 9.97 Å². The summed E-state index contributed by atoms with van der Waals surface area (Å²) in [5.41, 5.74) is -0.0736. The van der Waals surface area contributed by atoms with Crippen LogP contribution in [0, 0.1) is 6.92 Å². The zero-order chi connectivity index (χ0) is 14.7. The average Bonchev–Trinajstić information content (AvgIpc) is 2.80. The summed E-state index contributed by atoms with van der Waals surface area (Å²) in [6.07, 6.45) is -0.303. The topological polar surface area (TPSA) is 106 Å². The molecular formula is C13H14N2O5. The van der Waals surface area contributed by atoms with E-state index in [0.29, 0.717) is 11.5 Å². The molecule has 0 unspecified atom stereocenters. The van der Waals surface area contributed by atoms with Crippen LogP contribution in [0.15, 0.2) is 16.5 Å². The van der Waals surface area contributed by atoms with E-state index in [1.807, 2.05) is 0 Å². The molecule has 0 saturated carbocycles. The van der Waals surface area contributed by atoms with Crippen LogP contribution in [0.25, 0.3) is 11.6 Å². The minimum Gasteiger partial charge on any atom is -0.493 e. The van der Waals surface area contributed by atoms with Crippen molar-refractivity contribution in [1.29, 1.82) is 0 Å². The number of hydrogen-bond donors (Lipinski definition) is 2. The molecule has 0 fully saturated rings. The van der Waals surface area contributed by atoms with Gasteiger partial charge in [0.2, 0.25) is 17.6 Å². The van der Waals surface area contributed by atoms with Crippen molar-refractivity contribution in [1.82, 2.24) is 9.97 Å². The Kier molecular flexibility index (Phi) is 3.88. The molecule has 0 aromatic carbocycles. The number of aryl methyl sites for hydroxylation is 1. The zero-order valence-corrected chi connectivity index (χ0v) is 11.1. The van der Waals surface area contributed by atoms with Gasteiger partial charge in [0.15, 0.2) is 5.76 Å². The summed E-state index contributed by atoms with van der Waals surface area (Å²) < 4.78 is 10.0.